The highest BCUT2D eigenvalue weighted by Crippen LogP contribution is 2.21. The summed E-state index contributed by atoms with van der Waals surface area (Å²) in [6, 6.07) is 16.5. The van der Waals surface area contributed by atoms with Crippen molar-refractivity contribution in [2.24, 2.45) is 5.10 Å². The number of hydrogen-bond acceptors (Lipinski definition) is 6. The van der Waals surface area contributed by atoms with Crippen LogP contribution in [-0.2, 0) is 14.8 Å². The molecule has 2 aromatic heterocycles. The van der Waals surface area contributed by atoms with Gasteiger partial charge in [0, 0.05) is 11.1 Å². The van der Waals surface area contributed by atoms with Gasteiger partial charge in [0.05, 0.1) is 11.1 Å². The van der Waals surface area contributed by atoms with Crippen LogP contribution in [-0.4, -0.2) is 32.1 Å². The van der Waals surface area contributed by atoms with Gasteiger partial charge in [-0.25, -0.2) is 23.1 Å². The average Bonchev–Trinajstić information content (AvgIpc) is 3.21. The Labute approximate surface area is 161 Å². The van der Waals surface area contributed by atoms with Crippen molar-refractivity contribution in [3.05, 3.63) is 77.1 Å². The lowest BCUT2D eigenvalue weighted by molar-refractivity contribution is -0.119. The van der Waals surface area contributed by atoms with Crippen molar-refractivity contribution in [3.63, 3.8) is 0 Å². The van der Waals surface area contributed by atoms with E-state index in [1.54, 1.807) is 30.3 Å². The zero-order valence-corrected chi connectivity index (χ0v) is 15.7. The zero-order valence-electron chi connectivity index (χ0n) is 14.1. The largest absolute Gasteiger partial charge is 0.271 e. The van der Waals surface area contributed by atoms with E-state index in [9.17, 15) is 13.2 Å². The predicted molar refractivity (Wildman–Crippen MR) is 105 cm³/mol. The standard InChI is InChI=1S/C18H16N4O3S2/c23-18(21-20-13-15-7-6-12-26-15)14-22(17-10-4-5-11-19-17)27(24,25)16-8-2-1-3-9-16/h1-13H,14H2,(H,21,23)/b20-13-. The fourth-order valence-corrected chi connectivity index (χ4v) is 4.19. The molecule has 1 amide bonds. The van der Waals surface area contributed by atoms with Crippen LogP contribution in [0.3, 0.4) is 0 Å². The normalized spacial score (nSPS) is 11.4. The number of hydrazone groups is 1. The molecule has 3 aromatic rings. The minimum Gasteiger partial charge on any atom is -0.271 e. The van der Waals surface area contributed by atoms with E-state index in [0.717, 1.165) is 9.18 Å². The SMILES string of the molecule is O=C(CN(c1ccccn1)S(=O)(=O)c1ccccc1)N/N=C\c1cccs1. The van der Waals surface area contributed by atoms with Crippen LogP contribution >= 0.6 is 11.3 Å². The summed E-state index contributed by atoms with van der Waals surface area (Å²) in [6.45, 7) is -0.448. The first kappa shape index (κ1) is 18.7. The van der Waals surface area contributed by atoms with Crippen LogP contribution in [0.25, 0.3) is 0 Å². The Bertz CT molecular complexity index is 1010. The van der Waals surface area contributed by atoms with Crippen molar-refractivity contribution in [2.75, 3.05) is 10.8 Å². The molecule has 0 aliphatic heterocycles. The van der Waals surface area contributed by atoms with E-state index >= 15 is 0 Å². The van der Waals surface area contributed by atoms with E-state index in [1.165, 1.54) is 41.9 Å². The molecule has 138 valence electrons. The fourth-order valence-electron chi connectivity index (χ4n) is 2.21. The monoisotopic (exact) mass is 400 g/mol. The van der Waals surface area contributed by atoms with Crippen molar-refractivity contribution in [2.45, 2.75) is 4.90 Å². The van der Waals surface area contributed by atoms with E-state index < -0.39 is 22.5 Å². The van der Waals surface area contributed by atoms with Gasteiger partial charge >= 0.3 is 0 Å². The Morgan fingerprint density at radius 1 is 1.11 bits per heavy atom. The first-order valence-electron chi connectivity index (χ1n) is 7.91. The van der Waals surface area contributed by atoms with E-state index in [4.69, 9.17) is 0 Å². The molecule has 0 bridgehead atoms. The van der Waals surface area contributed by atoms with Gasteiger partial charge in [-0.15, -0.1) is 11.3 Å². The average molecular weight is 400 g/mol. The smallest absolute Gasteiger partial charge is 0.265 e. The zero-order chi connectivity index (χ0) is 19.1. The van der Waals surface area contributed by atoms with Crippen molar-refractivity contribution >= 4 is 39.3 Å². The van der Waals surface area contributed by atoms with Crippen molar-refractivity contribution in [1.29, 1.82) is 0 Å². The maximum Gasteiger partial charge on any atom is 0.265 e. The summed E-state index contributed by atoms with van der Waals surface area (Å²) < 4.78 is 27.0. The third kappa shape index (κ3) is 4.78. The number of pyridine rings is 1. The van der Waals surface area contributed by atoms with Gasteiger partial charge in [0.2, 0.25) is 0 Å². The van der Waals surface area contributed by atoms with Gasteiger partial charge in [-0.3, -0.25) is 4.79 Å². The van der Waals surface area contributed by atoms with Crippen LogP contribution in [0.15, 0.2) is 82.2 Å². The van der Waals surface area contributed by atoms with E-state index in [0.29, 0.717) is 0 Å². The molecule has 0 saturated heterocycles. The molecule has 27 heavy (non-hydrogen) atoms. The number of benzene rings is 1. The number of carbonyl (C=O) groups excluding carboxylic acids is 1. The fraction of sp³-hybridized carbons (Fsp3) is 0.0556. The van der Waals surface area contributed by atoms with Crippen molar-refractivity contribution < 1.29 is 13.2 Å². The molecular weight excluding hydrogens is 384 g/mol. The molecule has 0 fully saturated rings. The van der Waals surface area contributed by atoms with Gasteiger partial charge in [-0.05, 0) is 35.7 Å². The number of nitrogens with zero attached hydrogens (tertiary/aromatic N) is 3. The summed E-state index contributed by atoms with van der Waals surface area (Å²) in [5.74, 6) is -0.424. The van der Waals surface area contributed by atoms with E-state index in [2.05, 4.69) is 15.5 Å². The Kier molecular flexibility index (Phi) is 5.94. The minimum absolute atomic E-state index is 0.0746. The molecule has 0 spiro atoms. The van der Waals surface area contributed by atoms with E-state index in [1.807, 2.05) is 17.5 Å². The lowest BCUT2D eigenvalue weighted by atomic mass is 10.4. The summed E-state index contributed by atoms with van der Waals surface area (Å²) in [4.78, 5) is 17.3. The molecule has 0 unspecified atom stereocenters. The number of nitrogens with one attached hydrogen (secondary N) is 1. The molecule has 0 atom stereocenters. The lowest BCUT2D eigenvalue weighted by Gasteiger charge is -2.22. The van der Waals surface area contributed by atoms with Gasteiger partial charge in [-0.2, -0.15) is 5.10 Å². The summed E-state index contributed by atoms with van der Waals surface area (Å²) in [5.41, 5.74) is 2.35. The predicted octanol–water partition coefficient (Wildman–Crippen LogP) is 2.49. The van der Waals surface area contributed by atoms with Crippen LogP contribution in [0.5, 0.6) is 0 Å². The summed E-state index contributed by atoms with van der Waals surface area (Å²) >= 11 is 1.47. The van der Waals surface area contributed by atoms with Crippen LogP contribution in [0.4, 0.5) is 5.82 Å². The number of aromatic nitrogens is 1. The summed E-state index contributed by atoms with van der Waals surface area (Å²) in [5, 5.41) is 5.75. The number of carbonyl (C=O) groups is 1. The number of sulfonamides is 1. The quantitative estimate of drug-likeness (QED) is 0.487. The van der Waals surface area contributed by atoms with Crippen molar-refractivity contribution in [1.82, 2.24) is 10.4 Å². The molecule has 0 saturated carbocycles. The second kappa shape index (κ2) is 8.56. The maximum absolute atomic E-state index is 13.0. The van der Waals surface area contributed by atoms with E-state index in [-0.39, 0.29) is 10.7 Å². The van der Waals surface area contributed by atoms with Gasteiger partial charge in [-0.1, -0.05) is 30.3 Å². The maximum atomic E-state index is 13.0. The molecule has 9 heteroatoms. The van der Waals surface area contributed by atoms with Gasteiger partial charge in [0.15, 0.2) is 0 Å². The summed E-state index contributed by atoms with van der Waals surface area (Å²) in [7, 11) is -3.96. The highest BCUT2D eigenvalue weighted by Gasteiger charge is 2.27. The molecule has 3 rings (SSSR count). The first-order valence-corrected chi connectivity index (χ1v) is 10.2. The molecule has 0 radical (unpaired) electrons. The third-order valence-corrected chi connectivity index (χ3v) is 6.02. The molecule has 0 aliphatic carbocycles. The topological polar surface area (TPSA) is 91.7 Å². The van der Waals surface area contributed by atoms with Crippen LogP contribution in [0.2, 0.25) is 0 Å². The number of amides is 1. The molecule has 1 N–H and O–H groups in total. The molecule has 2 heterocycles. The molecule has 0 aliphatic rings. The van der Waals surface area contributed by atoms with Gasteiger partial charge in [0.25, 0.3) is 15.9 Å². The minimum atomic E-state index is -3.96. The van der Waals surface area contributed by atoms with Crippen LogP contribution < -0.4 is 9.73 Å². The van der Waals surface area contributed by atoms with Gasteiger partial charge < -0.3 is 0 Å². The molecular formula is C18H16N4O3S2. The highest BCUT2D eigenvalue weighted by molar-refractivity contribution is 7.92. The Hall–Kier alpha value is -3.04. The van der Waals surface area contributed by atoms with Crippen LogP contribution in [0.1, 0.15) is 4.88 Å². The second-order valence-electron chi connectivity index (χ2n) is 5.32. The molecule has 7 nitrogen and oxygen atoms in total. The Morgan fingerprint density at radius 3 is 2.56 bits per heavy atom. The third-order valence-electron chi connectivity index (χ3n) is 3.45. The highest BCUT2D eigenvalue weighted by atomic mass is 32.2. The number of thiophene rings is 1. The number of rotatable bonds is 7. The first-order chi connectivity index (χ1) is 13.1. The van der Waals surface area contributed by atoms with Crippen LogP contribution in [0, 0.1) is 0 Å². The number of hydrogen-bond donors (Lipinski definition) is 1. The summed E-state index contributed by atoms with van der Waals surface area (Å²) in [6.07, 6.45) is 2.97. The lowest BCUT2D eigenvalue weighted by Crippen LogP contribution is -2.40. The Morgan fingerprint density at radius 2 is 1.89 bits per heavy atom. The Balaban J connectivity index is 1.82. The van der Waals surface area contributed by atoms with Gasteiger partial charge in [0.1, 0.15) is 12.4 Å². The second-order valence-corrected chi connectivity index (χ2v) is 8.16. The molecule has 1 aromatic carbocycles. The van der Waals surface area contributed by atoms with Crippen molar-refractivity contribution in [3.8, 4) is 0 Å². The number of anilines is 1.